The monoisotopic (exact) mass is 313 g/mol. The van der Waals surface area contributed by atoms with Crippen molar-refractivity contribution in [2.75, 3.05) is 36.1 Å². The molecule has 1 aromatic rings. The van der Waals surface area contributed by atoms with E-state index < -0.39 is 0 Å². The number of rotatable bonds is 5. The third-order valence-electron chi connectivity index (χ3n) is 3.51. The Bertz CT molecular complexity index is 477. The SMILES string of the molecule is CN(CCC(=O)Nc1cc(Cl)ccc1N)C1CCSC1. The van der Waals surface area contributed by atoms with E-state index in [1.54, 1.807) is 18.2 Å². The predicted molar refractivity (Wildman–Crippen MR) is 87.5 cm³/mol. The summed E-state index contributed by atoms with van der Waals surface area (Å²) in [5.41, 5.74) is 6.92. The molecule has 4 nitrogen and oxygen atoms in total. The first kappa shape index (κ1) is 15.5. The van der Waals surface area contributed by atoms with Gasteiger partial charge in [0.25, 0.3) is 0 Å². The number of benzene rings is 1. The molecule has 1 aliphatic heterocycles. The molecule has 1 unspecified atom stereocenters. The van der Waals surface area contributed by atoms with E-state index in [1.807, 2.05) is 11.8 Å². The number of hydrogen-bond acceptors (Lipinski definition) is 4. The molecule has 0 aromatic heterocycles. The fraction of sp³-hybridized carbons (Fsp3) is 0.500. The Labute approximate surface area is 129 Å². The molecule has 2 rings (SSSR count). The van der Waals surface area contributed by atoms with E-state index in [1.165, 1.54) is 17.9 Å². The zero-order chi connectivity index (χ0) is 14.5. The molecule has 1 saturated heterocycles. The van der Waals surface area contributed by atoms with Crippen molar-refractivity contribution in [2.24, 2.45) is 0 Å². The Morgan fingerprint density at radius 1 is 1.60 bits per heavy atom. The van der Waals surface area contributed by atoms with Crippen molar-refractivity contribution in [3.05, 3.63) is 23.2 Å². The molecule has 1 aromatic carbocycles. The van der Waals surface area contributed by atoms with E-state index in [0.29, 0.717) is 28.9 Å². The van der Waals surface area contributed by atoms with Crippen LogP contribution in [0.25, 0.3) is 0 Å². The van der Waals surface area contributed by atoms with Crippen molar-refractivity contribution in [3.8, 4) is 0 Å². The molecule has 0 spiro atoms. The summed E-state index contributed by atoms with van der Waals surface area (Å²) in [6.07, 6.45) is 1.67. The van der Waals surface area contributed by atoms with Crippen molar-refractivity contribution in [2.45, 2.75) is 18.9 Å². The van der Waals surface area contributed by atoms with Gasteiger partial charge >= 0.3 is 0 Å². The lowest BCUT2D eigenvalue weighted by Crippen LogP contribution is -2.34. The number of carbonyl (C=O) groups excluding carboxylic acids is 1. The summed E-state index contributed by atoms with van der Waals surface area (Å²) in [5, 5.41) is 3.38. The summed E-state index contributed by atoms with van der Waals surface area (Å²) in [7, 11) is 2.08. The fourth-order valence-corrected chi connectivity index (χ4v) is 3.65. The highest BCUT2D eigenvalue weighted by atomic mass is 35.5. The molecule has 1 heterocycles. The first-order valence-electron chi connectivity index (χ1n) is 6.69. The minimum absolute atomic E-state index is 0.0310. The molecule has 20 heavy (non-hydrogen) atoms. The third-order valence-corrected chi connectivity index (χ3v) is 4.89. The Morgan fingerprint density at radius 3 is 3.10 bits per heavy atom. The van der Waals surface area contributed by atoms with E-state index in [-0.39, 0.29) is 5.91 Å². The Balaban J connectivity index is 1.81. The van der Waals surface area contributed by atoms with Crippen LogP contribution in [0, 0.1) is 0 Å². The van der Waals surface area contributed by atoms with Crippen LogP contribution in [0.3, 0.4) is 0 Å². The lowest BCUT2D eigenvalue weighted by atomic mass is 10.2. The maximum absolute atomic E-state index is 12.0. The van der Waals surface area contributed by atoms with Gasteiger partial charge in [-0.1, -0.05) is 11.6 Å². The number of carbonyl (C=O) groups is 1. The van der Waals surface area contributed by atoms with Gasteiger partial charge in [-0.15, -0.1) is 0 Å². The molecular weight excluding hydrogens is 294 g/mol. The quantitative estimate of drug-likeness (QED) is 0.821. The summed E-state index contributed by atoms with van der Waals surface area (Å²) in [5.74, 6) is 2.36. The molecule has 1 amide bonds. The summed E-state index contributed by atoms with van der Waals surface area (Å²) in [6, 6.07) is 5.67. The maximum atomic E-state index is 12.0. The Kier molecular flexibility index (Phi) is 5.57. The number of halogens is 1. The van der Waals surface area contributed by atoms with Gasteiger partial charge in [0.15, 0.2) is 0 Å². The molecule has 6 heteroatoms. The molecule has 110 valence electrons. The molecule has 0 aliphatic carbocycles. The van der Waals surface area contributed by atoms with Crippen molar-refractivity contribution in [1.82, 2.24) is 4.90 Å². The van der Waals surface area contributed by atoms with Crippen LogP contribution in [-0.4, -0.2) is 41.9 Å². The van der Waals surface area contributed by atoms with Gasteiger partial charge in [0.05, 0.1) is 11.4 Å². The lowest BCUT2D eigenvalue weighted by molar-refractivity contribution is -0.116. The highest BCUT2D eigenvalue weighted by molar-refractivity contribution is 7.99. The van der Waals surface area contributed by atoms with Crippen LogP contribution in [-0.2, 0) is 4.79 Å². The zero-order valence-electron chi connectivity index (χ0n) is 11.6. The van der Waals surface area contributed by atoms with E-state index in [2.05, 4.69) is 17.3 Å². The average Bonchev–Trinajstić information content (AvgIpc) is 2.94. The standard InChI is InChI=1S/C14H20ClN3OS/c1-18(11-5-7-20-9-11)6-4-14(19)17-13-8-10(15)2-3-12(13)16/h2-3,8,11H,4-7,9,16H2,1H3,(H,17,19). The highest BCUT2D eigenvalue weighted by Gasteiger charge is 2.20. The number of nitrogens with zero attached hydrogens (tertiary/aromatic N) is 1. The van der Waals surface area contributed by atoms with Crippen LogP contribution >= 0.6 is 23.4 Å². The average molecular weight is 314 g/mol. The summed E-state index contributed by atoms with van der Waals surface area (Å²) in [6.45, 7) is 0.761. The van der Waals surface area contributed by atoms with E-state index in [9.17, 15) is 4.79 Å². The number of thioether (sulfide) groups is 1. The van der Waals surface area contributed by atoms with Gasteiger partial charge in [-0.05, 0) is 37.4 Å². The van der Waals surface area contributed by atoms with Gasteiger partial charge in [0.2, 0.25) is 5.91 Å². The molecule has 0 saturated carbocycles. The molecular formula is C14H20ClN3OS. The van der Waals surface area contributed by atoms with Crippen LogP contribution in [0.5, 0.6) is 0 Å². The highest BCUT2D eigenvalue weighted by Crippen LogP contribution is 2.23. The molecule has 1 aliphatic rings. The van der Waals surface area contributed by atoms with Crippen molar-refractivity contribution < 1.29 is 4.79 Å². The normalized spacial score (nSPS) is 18.4. The first-order valence-corrected chi connectivity index (χ1v) is 8.22. The van der Waals surface area contributed by atoms with Gasteiger partial charge in [-0.25, -0.2) is 0 Å². The van der Waals surface area contributed by atoms with Gasteiger partial charge in [0, 0.05) is 29.8 Å². The van der Waals surface area contributed by atoms with Crippen LogP contribution in [0.15, 0.2) is 18.2 Å². The van der Waals surface area contributed by atoms with Gasteiger partial charge < -0.3 is 16.0 Å². The smallest absolute Gasteiger partial charge is 0.225 e. The fourth-order valence-electron chi connectivity index (χ4n) is 2.18. The van der Waals surface area contributed by atoms with Crippen molar-refractivity contribution >= 4 is 40.6 Å². The number of amides is 1. The predicted octanol–water partition coefficient (Wildman–Crippen LogP) is 2.69. The summed E-state index contributed by atoms with van der Waals surface area (Å²) >= 11 is 7.87. The van der Waals surface area contributed by atoms with E-state index in [0.717, 1.165) is 6.54 Å². The van der Waals surface area contributed by atoms with Gasteiger partial charge in [0.1, 0.15) is 0 Å². The van der Waals surface area contributed by atoms with Crippen LogP contribution in [0.4, 0.5) is 11.4 Å². The van der Waals surface area contributed by atoms with Gasteiger partial charge in [-0.2, -0.15) is 11.8 Å². The molecule has 0 bridgehead atoms. The second-order valence-corrected chi connectivity index (χ2v) is 6.61. The molecule has 1 fully saturated rings. The van der Waals surface area contributed by atoms with Crippen LogP contribution in [0.1, 0.15) is 12.8 Å². The minimum Gasteiger partial charge on any atom is -0.397 e. The van der Waals surface area contributed by atoms with Gasteiger partial charge in [-0.3, -0.25) is 4.79 Å². The largest absolute Gasteiger partial charge is 0.397 e. The topological polar surface area (TPSA) is 58.4 Å². The van der Waals surface area contributed by atoms with Crippen molar-refractivity contribution in [3.63, 3.8) is 0 Å². The number of hydrogen-bond donors (Lipinski definition) is 2. The lowest BCUT2D eigenvalue weighted by Gasteiger charge is -2.23. The number of nitrogens with two attached hydrogens (primary N) is 1. The van der Waals surface area contributed by atoms with Crippen LogP contribution < -0.4 is 11.1 Å². The third kappa shape index (κ3) is 4.30. The van der Waals surface area contributed by atoms with E-state index >= 15 is 0 Å². The second-order valence-electron chi connectivity index (χ2n) is 5.03. The zero-order valence-corrected chi connectivity index (χ0v) is 13.1. The number of nitrogens with one attached hydrogen (secondary N) is 1. The Hall–Kier alpha value is -0.910. The molecule has 3 N–H and O–H groups in total. The summed E-state index contributed by atoms with van der Waals surface area (Å²) < 4.78 is 0. The minimum atomic E-state index is -0.0310. The van der Waals surface area contributed by atoms with Crippen LogP contribution in [0.2, 0.25) is 5.02 Å². The first-order chi connectivity index (χ1) is 9.56. The van der Waals surface area contributed by atoms with E-state index in [4.69, 9.17) is 17.3 Å². The van der Waals surface area contributed by atoms with Crippen molar-refractivity contribution in [1.29, 1.82) is 0 Å². The summed E-state index contributed by atoms with van der Waals surface area (Å²) in [4.78, 5) is 14.2. The molecule has 1 atom stereocenters. The maximum Gasteiger partial charge on any atom is 0.225 e. The molecule has 0 radical (unpaired) electrons. The second kappa shape index (κ2) is 7.20. The Morgan fingerprint density at radius 2 is 2.40 bits per heavy atom. The number of anilines is 2. The number of nitrogen functional groups attached to an aromatic ring is 1.